The minimum atomic E-state index is -0.543. The Kier molecular flexibility index (Phi) is 10.5. The second kappa shape index (κ2) is 12.1. The fourth-order valence-corrected chi connectivity index (χ4v) is 2.64. The largest absolute Gasteiger partial charge is 0.444 e. The Bertz CT molecular complexity index is 886. The predicted octanol–water partition coefficient (Wildman–Crippen LogP) is 4.63. The lowest BCUT2D eigenvalue weighted by molar-refractivity contribution is 0.0474. The molecule has 2 aromatic rings. The molecule has 1 amide bonds. The maximum absolute atomic E-state index is 12.1. The summed E-state index contributed by atoms with van der Waals surface area (Å²) in [5.41, 5.74) is 1.77. The Morgan fingerprint density at radius 1 is 1.12 bits per heavy atom. The average molecular weight is 557 g/mol. The number of ether oxygens (including phenoxy) is 1. The molecule has 0 saturated carbocycles. The van der Waals surface area contributed by atoms with E-state index in [1.54, 1.807) is 6.26 Å². The van der Waals surface area contributed by atoms with Gasteiger partial charge in [-0.15, -0.1) is 24.0 Å². The molecule has 3 N–H and O–H groups in total. The number of aromatic nitrogens is 1. The van der Waals surface area contributed by atoms with Crippen molar-refractivity contribution in [1.82, 2.24) is 20.9 Å². The first-order valence-corrected chi connectivity index (χ1v) is 10.5. The summed E-state index contributed by atoms with van der Waals surface area (Å²) in [7, 11) is 0. The normalized spacial score (nSPS) is 12.0. The zero-order chi connectivity index (χ0) is 23.1. The van der Waals surface area contributed by atoms with E-state index in [9.17, 15) is 4.79 Å². The van der Waals surface area contributed by atoms with E-state index in [2.05, 4.69) is 25.9 Å². The van der Waals surface area contributed by atoms with Gasteiger partial charge in [-0.25, -0.2) is 14.8 Å². The van der Waals surface area contributed by atoms with Crippen molar-refractivity contribution in [2.24, 2.45) is 4.99 Å². The lowest BCUT2D eigenvalue weighted by Gasteiger charge is -2.29. The number of guanidine groups is 1. The number of hydrogen-bond acceptors (Lipinski definition) is 5. The van der Waals surface area contributed by atoms with Crippen molar-refractivity contribution in [3.63, 3.8) is 0 Å². The number of aliphatic imine (C=N–C) groups is 1. The molecule has 0 aliphatic rings. The zero-order valence-corrected chi connectivity index (χ0v) is 22.4. The van der Waals surface area contributed by atoms with Gasteiger partial charge in [0.25, 0.3) is 0 Å². The summed E-state index contributed by atoms with van der Waals surface area (Å²) in [5, 5.41) is 9.33. The topological polar surface area (TPSA) is 101 Å². The highest BCUT2D eigenvalue weighted by Gasteiger charge is 2.24. The number of nitrogens with zero attached hydrogens (tertiary/aromatic N) is 2. The molecule has 0 atom stereocenters. The minimum absolute atomic E-state index is 0. The van der Waals surface area contributed by atoms with Gasteiger partial charge >= 0.3 is 6.09 Å². The van der Waals surface area contributed by atoms with Gasteiger partial charge in [-0.3, -0.25) is 0 Å². The van der Waals surface area contributed by atoms with Crippen LogP contribution in [0.25, 0.3) is 11.5 Å². The highest BCUT2D eigenvalue weighted by molar-refractivity contribution is 14.0. The number of alkyl carbamates (subject to hydrolysis) is 1. The standard InChI is InChI=1S/C23H35N5O3.HI/c1-8-24-20(26-15-23(6,7)28-21(29)31-22(3,4)5)25-13-18-14-30-19(27-18)17-11-9-16(2)10-12-17;/h9-12,14H,8,13,15H2,1-7H3,(H,28,29)(H2,24,25,26);1H. The van der Waals surface area contributed by atoms with Gasteiger partial charge in [0, 0.05) is 18.7 Å². The number of hydrogen-bond donors (Lipinski definition) is 3. The molecule has 32 heavy (non-hydrogen) atoms. The molecule has 0 aliphatic carbocycles. The fourth-order valence-electron chi connectivity index (χ4n) is 2.64. The Morgan fingerprint density at radius 2 is 1.78 bits per heavy atom. The number of amides is 1. The van der Waals surface area contributed by atoms with Crippen molar-refractivity contribution in [3.05, 3.63) is 41.8 Å². The average Bonchev–Trinajstić information content (AvgIpc) is 3.11. The van der Waals surface area contributed by atoms with E-state index in [0.29, 0.717) is 31.5 Å². The van der Waals surface area contributed by atoms with Gasteiger partial charge in [0.15, 0.2) is 5.96 Å². The van der Waals surface area contributed by atoms with Crippen LogP contribution in [0.4, 0.5) is 4.79 Å². The number of carbonyl (C=O) groups excluding carboxylic acids is 1. The third-order valence-corrected chi connectivity index (χ3v) is 4.13. The van der Waals surface area contributed by atoms with Gasteiger partial charge < -0.3 is 25.1 Å². The first-order chi connectivity index (χ1) is 14.5. The quantitative estimate of drug-likeness (QED) is 0.261. The summed E-state index contributed by atoms with van der Waals surface area (Å²) in [6.45, 7) is 14.9. The Labute approximate surface area is 208 Å². The van der Waals surface area contributed by atoms with Crippen molar-refractivity contribution >= 4 is 36.0 Å². The number of benzene rings is 1. The second-order valence-electron chi connectivity index (χ2n) is 9.07. The summed E-state index contributed by atoms with van der Waals surface area (Å²) in [5.74, 6) is 1.20. The molecule has 178 valence electrons. The Morgan fingerprint density at radius 3 is 2.38 bits per heavy atom. The summed E-state index contributed by atoms with van der Waals surface area (Å²) in [4.78, 5) is 21.2. The molecule has 0 fully saturated rings. The van der Waals surface area contributed by atoms with Crippen molar-refractivity contribution in [2.75, 3.05) is 13.1 Å². The van der Waals surface area contributed by atoms with Crippen molar-refractivity contribution in [1.29, 1.82) is 0 Å². The molecule has 0 unspecified atom stereocenters. The number of aryl methyl sites for hydroxylation is 1. The third-order valence-electron chi connectivity index (χ3n) is 4.13. The smallest absolute Gasteiger partial charge is 0.408 e. The first kappa shape index (κ1) is 27.7. The molecular weight excluding hydrogens is 521 g/mol. The van der Waals surface area contributed by atoms with Crippen LogP contribution in [-0.4, -0.2) is 41.3 Å². The van der Waals surface area contributed by atoms with E-state index >= 15 is 0 Å². The van der Waals surface area contributed by atoms with Crippen LogP contribution >= 0.6 is 24.0 Å². The first-order valence-electron chi connectivity index (χ1n) is 10.5. The van der Waals surface area contributed by atoms with Crippen molar-refractivity contribution in [3.8, 4) is 11.5 Å². The predicted molar refractivity (Wildman–Crippen MR) is 138 cm³/mol. The third kappa shape index (κ3) is 9.88. The van der Waals surface area contributed by atoms with Gasteiger partial charge in [0.05, 0.1) is 12.1 Å². The molecule has 0 bridgehead atoms. The molecule has 0 radical (unpaired) electrons. The van der Waals surface area contributed by atoms with Crippen LogP contribution in [0.5, 0.6) is 0 Å². The molecule has 0 saturated heterocycles. The van der Waals surface area contributed by atoms with Gasteiger partial charge in [0.2, 0.25) is 5.89 Å². The summed E-state index contributed by atoms with van der Waals surface area (Å²) in [6.07, 6.45) is 1.17. The number of halogens is 1. The molecule has 1 heterocycles. The molecular formula is C23H36IN5O3. The highest BCUT2D eigenvalue weighted by atomic mass is 127. The van der Waals surface area contributed by atoms with Crippen LogP contribution in [0.15, 0.2) is 39.9 Å². The van der Waals surface area contributed by atoms with E-state index in [0.717, 1.165) is 11.3 Å². The Hall–Kier alpha value is -2.30. The lowest BCUT2D eigenvalue weighted by Crippen LogP contribution is -2.54. The summed E-state index contributed by atoms with van der Waals surface area (Å²) < 4.78 is 10.9. The van der Waals surface area contributed by atoms with Gasteiger partial charge in [-0.2, -0.15) is 0 Å². The highest BCUT2D eigenvalue weighted by Crippen LogP contribution is 2.19. The minimum Gasteiger partial charge on any atom is -0.444 e. The number of carbonyl (C=O) groups is 1. The zero-order valence-electron chi connectivity index (χ0n) is 20.0. The van der Waals surface area contributed by atoms with Crippen LogP contribution in [0, 0.1) is 6.92 Å². The van der Waals surface area contributed by atoms with E-state index in [4.69, 9.17) is 9.15 Å². The fraction of sp³-hybridized carbons (Fsp3) is 0.522. The van der Waals surface area contributed by atoms with E-state index in [1.165, 1.54) is 5.56 Å². The maximum atomic E-state index is 12.1. The van der Waals surface area contributed by atoms with Crippen LogP contribution in [0.1, 0.15) is 52.8 Å². The van der Waals surface area contributed by atoms with E-state index < -0.39 is 17.2 Å². The van der Waals surface area contributed by atoms with E-state index in [-0.39, 0.29) is 24.0 Å². The molecule has 0 spiro atoms. The monoisotopic (exact) mass is 557 g/mol. The number of nitrogens with one attached hydrogen (secondary N) is 3. The number of rotatable bonds is 7. The Balaban J connectivity index is 0.00000512. The molecule has 9 heteroatoms. The van der Waals surface area contributed by atoms with Crippen LogP contribution in [-0.2, 0) is 11.3 Å². The summed E-state index contributed by atoms with van der Waals surface area (Å²) >= 11 is 0. The second-order valence-corrected chi connectivity index (χ2v) is 9.07. The maximum Gasteiger partial charge on any atom is 0.408 e. The molecule has 1 aromatic heterocycles. The van der Waals surface area contributed by atoms with E-state index in [1.807, 2.05) is 72.7 Å². The lowest BCUT2D eigenvalue weighted by atomic mass is 10.1. The van der Waals surface area contributed by atoms with Crippen LogP contribution in [0.3, 0.4) is 0 Å². The van der Waals surface area contributed by atoms with Crippen molar-refractivity contribution in [2.45, 2.75) is 66.2 Å². The van der Waals surface area contributed by atoms with Crippen LogP contribution in [0.2, 0.25) is 0 Å². The SMILES string of the molecule is CCNC(=NCc1coc(-c2ccc(C)cc2)n1)NCC(C)(C)NC(=O)OC(C)(C)C.I. The summed E-state index contributed by atoms with van der Waals surface area (Å²) in [6, 6.07) is 8.02. The van der Waals surface area contributed by atoms with Gasteiger partial charge in [-0.05, 0) is 60.6 Å². The van der Waals surface area contributed by atoms with Gasteiger partial charge in [0.1, 0.15) is 17.6 Å². The number of oxazole rings is 1. The molecule has 0 aliphatic heterocycles. The molecule has 2 rings (SSSR count). The molecule has 1 aromatic carbocycles. The molecule has 8 nitrogen and oxygen atoms in total. The van der Waals surface area contributed by atoms with Gasteiger partial charge in [-0.1, -0.05) is 17.7 Å². The van der Waals surface area contributed by atoms with Crippen molar-refractivity contribution < 1.29 is 13.9 Å². The van der Waals surface area contributed by atoms with Crippen LogP contribution < -0.4 is 16.0 Å².